The predicted octanol–water partition coefficient (Wildman–Crippen LogP) is -0.568. The van der Waals surface area contributed by atoms with Crippen LogP contribution in [0, 0.1) is 0 Å². The molecule has 0 saturated carbocycles. The first kappa shape index (κ1) is 15.9. The first-order valence-corrected chi connectivity index (χ1v) is 7.91. The average molecular weight is 292 g/mol. The largest absolute Gasteiger partial charge is 0.468 e. The quantitative estimate of drug-likeness (QED) is 0.648. The molecule has 0 spiro atoms. The van der Waals surface area contributed by atoms with Crippen LogP contribution >= 0.6 is 0 Å². The number of nitrogens with zero attached hydrogens (tertiary/aromatic N) is 2. The lowest BCUT2D eigenvalue weighted by molar-refractivity contribution is -0.147. The van der Waals surface area contributed by atoms with E-state index in [-0.39, 0.29) is 12.5 Å². The Morgan fingerprint density at radius 3 is 2.53 bits per heavy atom. The fourth-order valence-corrected chi connectivity index (χ4v) is 3.26. The van der Waals surface area contributed by atoms with Gasteiger partial charge in [0.05, 0.1) is 13.4 Å². The number of carbonyl (C=O) groups is 2. The van der Waals surface area contributed by atoms with E-state index in [9.17, 15) is 18.0 Å². The van der Waals surface area contributed by atoms with Crippen LogP contribution in [0.5, 0.6) is 0 Å². The molecule has 1 fully saturated rings. The summed E-state index contributed by atoms with van der Waals surface area (Å²) in [5.74, 6) is -0.895. The molecule has 0 aromatic heterocycles. The molecule has 1 saturated heterocycles. The molecule has 1 atom stereocenters. The second-order valence-corrected chi connectivity index (χ2v) is 6.59. The summed E-state index contributed by atoms with van der Waals surface area (Å²) in [6, 6.07) is -0.710. The molecule has 0 aromatic rings. The van der Waals surface area contributed by atoms with Crippen molar-refractivity contribution in [1.82, 2.24) is 9.21 Å². The number of carbonyl (C=O) groups excluding carboxylic acids is 2. The van der Waals surface area contributed by atoms with E-state index in [4.69, 9.17) is 0 Å². The molecule has 19 heavy (non-hydrogen) atoms. The van der Waals surface area contributed by atoms with Gasteiger partial charge in [0.15, 0.2) is 0 Å². The number of methoxy groups -OCH3 is 1. The fourth-order valence-electron chi connectivity index (χ4n) is 2.14. The van der Waals surface area contributed by atoms with Gasteiger partial charge in [-0.1, -0.05) is 6.42 Å². The van der Waals surface area contributed by atoms with Gasteiger partial charge in [0, 0.05) is 13.6 Å². The Morgan fingerprint density at radius 1 is 1.37 bits per heavy atom. The number of hydrogen-bond donors (Lipinski definition) is 0. The predicted molar refractivity (Wildman–Crippen MR) is 68.8 cm³/mol. The molecule has 0 aliphatic carbocycles. The summed E-state index contributed by atoms with van der Waals surface area (Å²) < 4.78 is 29.0. The lowest BCUT2D eigenvalue weighted by Gasteiger charge is -2.34. The molecule has 0 N–H and O–H groups in total. The average Bonchev–Trinajstić information content (AvgIpc) is 2.36. The van der Waals surface area contributed by atoms with Crippen LogP contribution in [0.2, 0.25) is 0 Å². The number of likely N-dealkylation sites (N-methyl/N-ethyl adjacent to an activating group) is 1. The number of hydrogen-bond acceptors (Lipinski definition) is 5. The van der Waals surface area contributed by atoms with E-state index in [1.165, 1.54) is 23.4 Å². The first-order valence-electron chi connectivity index (χ1n) is 6.06. The minimum absolute atomic E-state index is 0.177. The molecule has 1 amide bonds. The number of amides is 1. The number of ether oxygens (including phenoxy) is 1. The SMILES string of the molecule is COC(=O)CN(C)C(=O)C1CCCCN1S(C)(=O)=O. The maximum absolute atomic E-state index is 12.2. The third-order valence-corrected chi connectivity index (χ3v) is 4.42. The van der Waals surface area contributed by atoms with Crippen LogP contribution in [0.3, 0.4) is 0 Å². The molecule has 7 nitrogen and oxygen atoms in total. The van der Waals surface area contributed by atoms with Crippen molar-refractivity contribution < 1.29 is 22.7 Å². The number of piperidine rings is 1. The van der Waals surface area contributed by atoms with Crippen molar-refractivity contribution in [1.29, 1.82) is 0 Å². The maximum atomic E-state index is 12.2. The van der Waals surface area contributed by atoms with Crippen molar-refractivity contribution in [3.05, 3.63) is 0 Å². The summed E-state index contributed by atoms with van der Waals surface area (Å²) in [6.45, 7) is 0.171. The van der Waals surface area contributed by atoms with Crippen LogP contribution < -0.4 is 0 Å². The summed E-state index contributed by atoms with van der Waals surface area (Å²) in [5.41, 5.74) is 0. The van der Waals surface area contributed by atoms with E-state index in [2.05, 4.69) is 4.74 Å². The molecule has 1 aliphatic heterocycles. The van der Waals surface area contributed by atoms with E-state index in [0.717, 1.165) is 19.1 Å². The standard InChI is InChI=1S/C11H20N2O5S/c1-12(8-10(14)18-2)11(15)9-6-4-5-7-13(9)19(3,16)17/h9H,4-8H2,1-3H3. The maximum Gasteiger partial charge on any atom is 0.325 e. The van der Waals surface area contributed by atoms with Crippen LogP contribution in [0.1, 0.15) is 19.3 Å². The van der Waals surface area contributed by atoms with E-state index in [0.29, 0.717) is 13.0 Å². The molecular weight excluding hydrogens is 272 g/mol. The summed E-state index contributed by atoms with van der Waals surface area (Å²) in [4.78, 5) is 24.6. The van der Waals surface area contributed by atoms with Crippen molar-refractivity contribution in [2.45, 2.75) is 25.3 Å². The van der Waals surface area contributed by atoms with Crippen molar-refractivity contribution in [2.75, 3.05) is 33.5 Å². The highest BCUT2D eigenvalue weighted by molar-refractivity contribution is 7.88. The van der Waals surface area contributed by atoms with Crippen LogP contribution in [-0.4, -0.2) is 69.0 Å². The molecule has 0 bridgehead atoms. The molecule has 1 aliphatic rings. The molecule has 1 rings (SSSR count). The lowest BCUT2D eigenvalue weighted by Crippen LogP contribution is -2.52. The second-order valence-electron chi connectivity index (χ2n) is 4.66. The van der Waals surface area contributed by atoms with Crippen molar-refractivity contribution in [3.8, 4) is 0 Å². The Kier molecular flexibility index (Phi) is 5.30. The molecule has 1 unspecified atom stereocenters. The van der Waals surface area contributed by atoms with E-state index in [1.54, 1.807) is 0 Å². The van der Waals surface area contributed by atoms with Gasteiger partial charge < -0.3 is 9.64 Å². The normalized spacial score (nSPS) is 20.9. The highest BCUT2D eigenvalue weighted by atomic mass is 32.2. The Balaban J connectivity index is 2.80. The third kappa shape index (κ3) is 4.17. The van der Waals surface area contributed by atoms with Crippen LogP contribution in [0.15, 0.2) is 0 Å². The lowest BCUT2D eigenvalue weighted by atomic mass is 10.0. The molecule has 1 heterocycles. The highest BCUT2D eigenvalue weighted by Gasteiger charge is 2.36. The monoisotopic (exact) mass is 292 g/mol. The Morgan fingerprint density at radius 2 is 2.00 bits per heavy atom. The van der Waals surface area contributed by atoms with E-state index in [1.807, 2.05) is 0 Å². The number of sulfonamides is 1. The van der Waals surface area contributed by atoms with Crippen LogP contribution in [0.25, 0.3) is 0 Å². The summed E-state index contributed by atoms with van der Waals surface area (Å²) in [5, 5.41) is 0. The van der Waals surface area contributed by atoms with E-state index < -0.39 is 22.0 Å². The van der Waals surface area contributed by atoms with Gasteiger partial charge in [-0.2, -0.15) is 4.31 Å². The second kappa shape index (κ2) is 6.33. The van der Waals surface area contributed by atoms with Crippen LogP contribution in [-0.2, 0) is 24.3 Å². The van der Waals surface area contributed by atoms with Gasteiger partial charge >= 0.3 is 5.97 Å². The minimum Gasteiger partial charge on any atom is -0.468 e. The fraction of sp³-hybridized carbons (Fsp3) is 0.818. The van der Waals surface area contributed by atoms with Gasteiger partial charge in [0.25, 0.3) is 0 Å². The van der Waals surface area contributed by atoms with E-state index >= 15 is 0 Å². The van der Waals surface area contributed by atoms with Gasteiger partial charge in [-0.25, -0.2) is 8.42 Å². The zero-order valence-electron chi connectivity index (χ0n) is 11.5. The summed E-state index contributed by atoms with van der Waals surface area (Å²) >= 11 is 0. The molecular formula is C11H20N2O5S. The van der Waals surface area contributed by atoms with Gasteiger partial charge in [-0.3, -0.25) is 9.59 Å². The zero-order valence-corrected chi connectivity index (χ0v) is 12.3. The summed E-state index contributed by atoms with van der Waals surface area (Å²) in [6.07, 6.45) is 3.13. The van der Waals surface area contributed by atoms with Crippen molar-refractivity contribution in [2.24, 2.45) is 0 Å². The zero-order chi connectivity index (χ0) is 14.6. The van der Waals surface area contributed by atoms with Gasteiger partial charge in [0.1, 0.15) is 12.6 Å². The number of esters is 1. The molecule has 0 aromatic carbocycles. The first-order chi connectivity index (χ1) is 8.77. The van der Waals surface area contributed by atoms with Gasteiger partial charge in [0.2, 0.25) is 15.9 Å². The van der Waals surface area contributed by atoms with Crippen molar-refractivity contribution in [3.63, 3.8) is 0 Å². The molecule has 110 valence electrons. The topological polar surface area (TPSA) is 84.0 Å². The highest BCUT2D eigenvalue weighted by Crippen LogP contribution is 2.21. The Bertz CT molecular complexity index is 448. The number of rotatable bonds is 4. The smallest absolute Gasteiger partial charge is 0.325 e. The summed E-state index contributed by atoms with van der Waals surface area (Å²) in [7, 11) is -0.711. The van der Waals surface area contributed by atoms with Gasteiger partial charge in [-0.15, -0.1) is 0 Å². The molecule has 8 heteroatoms. The molecule has 0 radical (unpaired) electrons. The van der Waals surface area contributed by atoms with Crippen molar-refractivity contribution >= 4 is 21.9 Å². The Labute approximate surface area is 113 Å². The van der Waals surface area contributed by atoms with Gasteiger partial charge in [-0.05, 0) is 12.8 Å². The Hall–Kier alpha value is -1.15. The third-order valence-electron chi connectivity index (χ3n) is 3.13. The minimum atomic E-state index is -3.42. The van der Waals surface area contributed by atoms with Crippen LogP contribution in [0.4, 0.5) is 0 Å².